The van der Waals surface area contributed by atoms with Crippen LogP contribution >= 0.6 is 11.3 Å². The number of benzene rings is 1. The van der Waals surface area contributed by atoms with Gasteiger partial charge in [0.25, 0.3) is 0 Å². The molecule has 0 aliphatic heterocycles. The molecule has 0 bridgehead atoms. The number of hydrogen-bond donors (Lipinski definition) is 1. The second kappa shape index (κ2) is 5.70. The molecule has 0 saturated heterocycles. The van der Waals surface area contributed by atoms with Crippen molar-refractivity contribution in [2.75, 3.05) is 13.7 Å². The van der Waals surface area contributed by atoms with Crippen LogP contribution in [-0.2, 0) is 0 Å². The average molecular weight is 249 g/mol. The number of thiophene rings is 1. The third-order valence-corrected chi connectivity index (χ3v) is 3.38. The molecule has 0 amide bonds. The molecule has 2 rings (SSSR count). The highest BCUT2D eigenvalue weighted by molar-refractivity contribution is 7.10. The van der Waals surface area contributed by atoms with Gasteiger partial charge in [-0.15, -0.1) is 11.3 Å². The van der Waals surface area contributed by atoms with E-state index >= 15 is 0 Å². The Morgan fingerprint density at radius 2 is 1.88 bits per heavy atom. The van der Waals surface area contributed by atoms with Crippen LogP contribution in [-0.4, -0.2) is 13.7 Å². The lowest BCUT2D eigenvalue weighted by atomic mass is 10.2. The van der Waals surface area contributed by atoms with E-state index in [0.717, 1.165) is 16.4 Å². The Labute approximate surface area is 105 Å². The van der Waals surface area contributed by atoms with Gasteiger partial charge in [-0.25, -0.2) is 0 Å². The summed E-state index contributed by atoms with van der Waals surface area (Å²) in [6, 6.07) is 11.5. The van der Waals surface area contributed by atoms with E-state index in [9.17, 15) is 0 Å². The Bertz CT molecular complexity index is 439. The van der Waals surface area contributed by atoms with E-state index in [-0.39, 0.29) is 6.10 Å². The molecule has 2 N–H and O–H groups in total. The third-order valence-electron chi connectivity index (χ3n) is 2.41. The summed E-state index contributed by atoms with van der Waals surface area (Å²) in [6.45, 7) is 0.465. The number of nitrogens with two attached hydrogens (primary N) is 1. The first kappa shape index (κ1) is 12.0. The largest absolute Gasteiger partial charge is 0.497 e. The van der Waals surface area contributed by atoms with Gasteiger partial charge in [0.1, 0.15) is 17.6 Å². The summed E-state index contributed by atoms with van der Waals surface area (Å²) in [5, 5.41) is 2.02. The number of rotatable bonds is 5. The summed E-state index contributed by atoms with van der Waals surface area (Å²) >= 11 is 1.65. The van der Waals surface area contributed by atoms with Crippen molar-refractivity contribution in [1.82, 2.24) is 0 Å². The summed E-state index contributed by atoms with van der Waals surface area (Å²) in [5.41, 5.74) is 5.72. The molecule has 90 valence electrons. The van der Waals surface area contributed by atoms with Gasteiger partial charge in [0, 0.05) is 11.4 Å². The minimum atomic E-state index is -0.0802. The van der Waals surface area contributed by atoms with E-state index in [4.69, 9.17) is 15.2 Å². The van der Waals surface area contributed by atoms with Crippen molar-refractivity contribution in [1.29, 1.82) is 0 Å². The second-order valence-corrected chi connectivity index (χ2v) is 4.51. The summed E-state index contributed by atoms with van der Waals surface area (Å²) in [7, 11) is 1.64. The average Bonchev–Trinajstić information content (AvgIpc) is 2.90. The second-order valence-electron chi connectivity index (χ2n) is 3.53. The minimum absolute atomic E-state index is 0.0802. The van der Waals surface area contributed by atoms with Crippen LogP contribution in [0.1, 0.15) is 11.0 Å². The highest BCUT2D eigenvalue weighted by atomic mass is 32.1. The number of methoxy groups -OCH3 is 1. The zero-order valence-electron chi connectivity index (χ0n) is 9.63. The molecule has 1 heterocycles. The van der Waals surface area contributed by atoms with Crippen molar-refractivity contribution in [3.8, 4) is 11.5 Å². The summed E-state index contributed by atoms with van der Waals surface area (Å²) in [5.74, 6) is 1.62. The zero-order chi connectivity index (χ0) is 12.1. The molecular weight excluding hydrogens is 234 g/mol. The smallest absolute Gasteiger partial charge is 0.145 e. The number of hydrogen-bond acceptors (Lipinski definition) is 4. The van der Waals surface area contributed by atoms with Gasteiger partial charge >= 0.3 is 0 Å². The van der Waals surface area contributed by atoms with Gasteiger partial charge in [0.15, 0.2) is 0 Å². The number of ether oxygens (including phenoxy) is 2. The molecule has 1 atom stereocenters. The predicted molar refractivity (Wildman–Crippen MR) is 69.7 cm³/mol. The van der Waals surface area contributed by atoms with Gasteiger partial charge in [-0.05, 0) is 35.7 Å². The topological polar surface area (TPSA) is 44.5 Å². The SMILES string of the molecule is COc1ccc(OC(CN)c2cccs2)cc1. The van der Waals surface area contributed by atoms with Crippen LogP contribution in [0.25, 0.3) is 0 Å². The minimum Gasteiger partial charge on any atom is -0.497 e. The van der Waals surface area contributed by atoms with E-state index < -0.39 is 0 Å². The quantitative estimate of drug-likeness (QED) is 0.886. The van der Waals surface area contributed by atoms with Crippen molar-refractivity contribution in [2.45, 2.75) is 6.10 Å². The Kier molecular flexibility index (Phi) is 4.01. The van der Waals surface area contributed by atoms with Crippen LogP contribution < -0.4 is 15.2 Å². The van der Waals surface area contributed by atoms with Gasteiger partial charge in [0.2, 0.25) is 0 Å². The van der Waals surface area contributed by atoms with Gasteiger partial charge < -0.3 is 15.2 Å². The van der Waals surface area contributed by atoms with Crippen molar-refractivity contribution < 1.29 is 9.47 Å². The maximum absolute atomic E-state index is 5.84. The molecular formula is C13H15NO2S. The van der Waals surface area contributed by atoms with E-state index in [1.165, 1.54) is 0 Å². The first-order valence-corrected chi connectivity index (χ1v) is 6.25. The van der Waals surface area contributed by atoms with Gasteiger partial charge in [-0.1, -0.05) is 6.07 Å². The first-order chi connectivity index (χ1) is 8.33. The Morgan fingerprint density at radius 1 is 1.18 bits per heavy atom. The fourth-order valence-corrected chi connectivity index (χ4v) is 2.28. The van der Waals surface area contributed by atoms with E-state index in [2.05, 4.69) is 0 Å². The summed E-state index contributed by atoms with van der Waals surface area (Å²) in [6.07, 6.45) is -0.0802. The monoisotopic (exact) mass is 249 g/mol. The normalized spacial score (nSPS) is 12.1. The Hall–Kier alpha value is -1.52. The highest BCUT2D eigenvalue weighted by Crippen LogP contribution is 2.25. The van der Waals surface area contributed by atoms with Crippen LogP contribution in [0, 0.1) is 0 Å². The fourth-order valence-electron chi connectivity index (χ4n) is 1.52. The summed E-state index contributed by atoms with van der Waals surface area (Å²) in [4.78, 5) is 1.14. The standard InChI is InChI=1S/C13H15NO2S/c1-15-10-4-6-11(7-5-10)16-12(9-14)13-3-2-8-17-13/h2-8,12H,9,14H2,1H3. The van der Waals surface area contributed by atoms with Crippen molar-refractivity contribution in [2.24, 2.45) is 5.73 Å². The van der Waals surface area contributed by atoms with Crippen molar-refractivity contribution in [3.05, 3.63) is 46.7 Å². The van der Waals surface area contributed by atoms with Crippen molar-refractivity contribution in [3.63, 3.8) is 0 Å². The molecule has 3 nitrogen and oxygen atoms in total. The predicted octanol–water partition coefficient (Wildman–Crippen LogP) is 2.84. The van der Waals surface area contributed by atoms with E-state index in [1.54, 1.807) is 18.4 Å². The maximum Gasteiger partial charge on any atom is 0.145 e. The first-order valence-electron chi connectivity index (χ1n) is 5.37. The molecule has 1 unspecified atom stereocenters. The molecule has 0 radical (unpaired) electrons. The van der Waals surface area contributed by atoms with Gasteiger partial charge in [-0.2, -0.15) is 0 Å². The molecule has 4 heteroatoms. The molecule has 1 aromatic heterocycles. The Morgan fingerprint density at radius 3 is 2.41 bits per heavy atom. The van der Waals surface area contributed by atoms with Gasteiger partial charge in [-0.3, -0.25) is 0 Å². The van der Waals surface area contributed by atoms with Gasteiger partial charge in [0.05, 0.1) is 7.11 Å². The molecule has 0 aliphatic carbocycles. The summed E-state index contributed by atoms with van der Waals surface area (Å²) < 4.78 is 10.9. The van der Waals surface area contributed by atoms with Crippen LogP contribution in [0.4, 0.5) is 0 Å². The zero-order valence-corrected chi connectivity index (χ0v) is 10.4. The van der Waals surface area contributed by atoms with Crippen molar-refractivity contribution >= 4 is 11.3 Å². The lowest BCUT2D eigenvalue weighted by Crippen LogP contribution is -2.17. The molecule has 17 heavy (non-hydrogen) atoms. The van der Waals surface area contributed by atoms with Crippen LogP contribution in [0.2, 0.25) is 0 Å². The van der Waals surface area contributed by atoms with Crippen LogP contribution in [0.15, 0.2) is 41.8 Å². The lowest BCUT2D eigenvalue weighted by molar-refractivity contribution is 0.218. The fraction of sp³-hybridized carbons (Fsp3) is 0.231. The molecule has 1 aromatic carbocycles. The third kappa shape index (κ3) is 2.99. The van der Waals surface area contributed by atoms with E-state index in [0.29, 0.717) is 6.54 Å². The van der Waals surface area contributed by atoms with Crippen LogP contribution in [0.3, 0.4) is 0 Å². The molecule has 0 spiro atoms. The molecule has 0 saturated carbocycles. The lowest BCUT2D eigenvalue weighted by Gasteiger charge is -2.16. The van der Waals surface area contributed by atoms with Crippen LogP contribution in [0.5, 0.6) is 11.5 Å². The molecule has 2 aromatic rings. The molecule has 0 fully saturated rings. The Balaban J connectivity index is 2.07. The highest BCUT2D eigenvalue weighted by Gasteiger charge is 2.12. The maximum atomic E-state index is 5.84. The van der Waals surface area contributed by atoms with E-state index in [1.807, 2.05) is 41.8 Å². The molecule has 0 aliphatic rings.